The molecule has 0 aromatic heterocycles. The van der Waals surface area contributed by atoms with Gasteiger partial charge in [-0.05, 0) is 12.3 Å². The van der Waals surface area contributed by atoms with Crippen LogP contribution in [0.4, 0.5) is 0 Å². The van der Waals surface area contributed by atoms with Crippen molar-refractivity contribution >= 4 is 28.6 Å². The molecule has 1 aromatic rings. The lowest BCUT2D eigenvalue weighted by Crippen LogP contribution is -2.24. The standard InChI is InChI=1S/C20H27NO3S/c1-3-5-9-15(4-2)13-24-20(23)17-14-25-19(21-17)12-18(22)16-10-7-6-8-11-16/h6-8,10-11,15,17H,3-5,9,12-14H2,1-2H3. The van der Waals surface area contributed by atoms with Gasteiger partial charge in [0.25, 0.3) is 0 Å². The summed E-state index contributed by atoms with van der Waals surface area (Å²) < 4.78 is 5.47. The number of esters is 1. The van der Waals surface area contributed by atoms with Crippen LogP contribution in [-0.4, -0.2) is 35.2 Å². The van der Waals surface area contributed by atoms with Crippen molar-refractivity contribution in [3.8, 4) is 0 Å². The maximum atomic E-state index is 12.2. The summed E-state index contributed by atoms with van der Waals surface area (Å²) in [6.07, 6.45) is 4.70. The van der Waals surface area contributed by atoms with E-state index in [-0.39, 0.29) is 18.2 Å². The molecular weight excluding hydrogens is 334 g/mol. The van der Waals surface area contributed by atoms with Gasteiger partial charge in [-0.15, -0.1) is 11.8 Å². The third-order valence-corrected chi connectivity index (χ3v) is 5.46. The van der Waals surface area contributed by atoms with Crippen LogP contribution >= 0.6 is 11.8 Å². The molecule has 0 spiro atoms. The Bertz CT molecular complexity index is 600. The van der Waals surface area contributed by atoms with E-state index in [1.54, 1.807) is 12.1 Å². The van der Waals surface area contributed by atoms with Gasteiger partial charge in [-0.1, -0.05) is 63.4 Å². The lowest BCUT2D eigenvalue weighted by molar-refractivity contribution is -0.146. The number of aliphatic imine (C=N–C) groups is 1. The van der Waals surface area contributed by atoms with Crippen LogP contribution in [0.2, 0.25) is 0 Å². The van der Waals surface area contributed by atoms with Crippen LogP contribution in [0.1, 0.15) is 56.3 Å². The lowest BCUT2D eigenvalue weighted by Gasteiger charge is -2.15. The minimum absolute atomic E-state index is 0.0338. The molecule has 5 heteroatoms. The Morgan fingerprint density at radius 1 is 1.28 bits per heavy atom. The predicted molar refractivity (Wildman–Crippen MR) is 103 cm³/mol. The molecule has 0 radical (unpaired) electrons. The van der Waals surface area contributed by atoms with Gasteiger partial charge in [0.1, 0.15) is 0 Å². The van der Waals surface area contributed by atoms with Crippen molar-refractivity contribution in [2.75, 3.05) is 12.4 Å². The molecule has 1 aliphatic heterocycles. The zero-order valence-corrected chi connectivity index (χ0v) is 15.9. The van der Waals surface area contributed by atoms with E-state index in [4.69, 9.17) is 4.74 Å². The third-order valence-electron chi connectivity index (χ3n) is 4.39. The van der Waals surface area contributed by atoms with E-state index in [0.717, 1.165) is 24.3 Å². The molecule has 1 heterocycles. The summed E-state index contributed by atoms with van der Waals surface area (Å²) in [5, 5.41) is 0.730. The summed E-state index contributed by atoms with van der Waals surface area (Å²) in [6, 6.07) is 8.71. The number of carbonyl (C=O) groups is 2. The number of carbonyl (C=O) groups excluding carboxylic acids is 2. The number of benzene rings is 1. The fraction of sp³-hybridized carbons (Fsp3) is 0.550. The molecule has 136 valence electrons. The summed E-state index contributed by atoms with van der Waals surface area (Å²) >= 11 is 1.48. The molecule has 4 nitrogen and oxygen atoms in total. The number of hydrogen-bond acceptors (Lipinski definition) is 5. The number of ether oxygens (including phenoxy) is 1. The Kier molecular flexibility index (Phi) is 8.19. The SMILES string of the molecule is CCCCC(CC)COC(=O)C1CSC(CC(=O)c2ccccc2)=N1. The minimum Gasteiger partial charge on any atom is -0.464 e. The van der Waals surface area contributed by atoms with Crippen molar-refractivity contribution in [2.45, 2.75) is 52.0 Å². The molecule has 0 amide bonds. The summed E-state index contributed by atoms with van der Waals surface area (Å²) in [6.45, 7) is 4.77. The number of rotatable bonds is 10. The second-order valence-electron chi connectivity index (χ2n) is 6.36. The molecule has 0 fully saturated rings. The van der Waals surface area contributed by atoms with Crippen molar-refractivity contribution in [3.05, 3.63) is 35.9 Å². The van der Waals surface area contributed by atoms with Crippen LogP contribution in [0, 0.1) is 5.92 Å². The van der Waals surface area contributed by atoms with Gasteiger partial charge < -0.3 is 4.74 Å². The van der Waals surface area contributed by atoms with E-state index in [0.29, 0.717) is 23.8 Å². The van der Waals surface area contributed by atoms with E-state index in [1.165, 1.54) is 18.2 Å². The maximum absolute atomic E-state index is 12.2. The lowest BCUT2D eigenvalue weighted by atomic mass is 10.0. The van der Waals surface area contributed by atoms with Crippen molar-refractivity contribution in [2.24, 2.45) is 10.9 Å². The van der Waals surface area contributed by atoms with Crippen molar-refractivity contribution in [3.63, 3.8) is 0 Å². The van der Waals surface area contributed by atoms with E-state index in [2.05, 4.69) is 18.8 Å². The number of unbranched alkanes of at least 4 members (excludes halogenated alkanes) is 1. The Hall–Kier alpha value is -1.62. The molecule has 0 saturated heterocycles. The van der Waals surface area contributed by atoms with Crippen LogP contribution in [-0.2, 0) is 9.53 Å². The smallest absolute Gasteiger partial charge is 0.331 e. The maximum Gasteiger partial charge on any atom is 0.331 e. The first-order valence-corrected chi connectivity index (χ1v) is 10.1. The average Bonchev–Trinajstić information content (AvgIpc) is 3.11. The molecule has 2 rings (SSSR count). The normalized spacial score (nSPS) is 17.8. The van der Waals surface area contributed by atoms with Crippen LogP contribution in [0.15, 0.2) is 35.3 Å². The first-order valence-electron chi connectivity index (χ1n) is 9.08. The highest BCUT2D eigenvalue weighted by Crippen LogP contribution is 2.23. The van der Waals surface area contributed by atoms with E-state index >= 15 is 0 Å². The summed E-state index contributed by atoms with van der Waals surface area (Å²) in [5.74, 6) is 0.777. The van der Waals surface area contributed by atoms with Crippen LogP contribution in [0.25, 0.3) is 0 Å². The monoisotopic (exact) mass is 361 g/mol. The molecule has 2 unspecified atom stereocenters. The van der Waals surface area contributed by atoms with Gasteiger partial charge in [-0.2, -0.15) is 0 Å². The molecule has 0 bridgehead atoms. The second-order valence-corrected chi connectivity index (χ2v) is 7.46. The first-order chi connectivity index (χ1) is 12.1. The molecular formula is C20H27NO3S. The van der Waals surface area contributed by atoms with Gasteiger partial charge in [0.2, 0.25) is 0 Å². The van der Waals surface area contributed by atoms with Crippen LogP contribution in [0.5, 0.6) is 0 Å². The van der Waals surface area contributed by atoms with E-state index < -0.39 is 6.04 Å². The number of hydrogen-bond donors (Lipinski definition) is 0. The highest BCUT2D eigenvalue weighted by molar-refractivity contribution is 8.14. The molecule has 0 N–H and O–H groups in total. The molecule has 1 aromatic carbocycles. The molecule has 0 saturated carbocycles. The third kappa shape index (κ3) is 6.31. The highest BCUT2D eigenvalue weighted by Gasteiger charge is 2.28. The van der Waals surface area contributed by atoms with Gasteiger partial charge in [0.05, 0.1) is 18.1 Å². The molecule has 0 aliphatic carbocycles. The van der Waals surface area contributed by atoms with Gasteiger partial charge >= 0.3 is 5.97 Å². The van der Waals surface area contributed by atoms with Crippen molar-refractivity contribution < 1.29 is 14.3 Å². The predicted octanol–water partition coefficient (Wildman–Crippen LogP) is 4.53. The van der Waals surface area contributed by atoms with Gasteiger partial charge in [-0.25, -0.2) is 4.79 Å². The molecule has 2 atom stereocenters. The number of nitrogens with zero attached hydrogens (tertiary/aromatic N) is 1. The quantitative estimate of drug-likeness (QED) is 0.454. The fourth-order valence-electron chi connectivity index (χ4n) is 2.70. The average molecular weight is 362 g/mol. The zero-order valence-electron chi connectivity index (χ0n) is 15.1. The Labute approximate surface area is 154 Å². The fourth-order valence-corrected chi connectivity index (χ4v) is 3.69. The second kappa shape index (κ2) is 10.4. The summed E-state index contributed by atoms with van der Waals surface area (Å²) in [4.78, 5) is 28.8. The first kappa shape index (κ1) is 19.7. The van der Waals surface area contributed by atoms with Gasteiger partial charge in [-0.3, -0.25) is 9.79 Å². The van der Waals surface area contributed by atoms with Gasteiger partial charge in [0, 0.05) is 11.3 Å². The van der Waals surface area contributed by atoms with Crippen LogP contribution in [0.3, 0.4) is 0 Å². The zero-order chi connectivity index (χ0) is 18.1. The Balaban J connectivity index is 1.81. The number of thioether (sulfide) groups is 1. The van der Waals surface area contributed by atoms with Crippen LogP contribution < -0.4 is 0 Å². The number of Topliss-reactive ketones (excluding diaryl/α,β-unsaturated/α-hetero) is 1. The topological polar surface area (TPSA) is 55.7 Å². The largest absolute Gasteiger partial charge is 0.464 e. The minimum atomic E-state index is -0.466. The highest BCUT2D eigenvalue weighted by atomic mass is 32.2. The Morgan fingerprint density at radius 3 is 2.72 bits per heavy atom. The van der Waals surface area contributed by atoms with Gasteiger partial charge in [0.15, 0.2) is 11.8 Å². The molecule has 25 heavy (non-hydrogen) atoms. The Morgan fingerprint density at radius 2 is 2.04 bits per heavy atom. The number of ketones is 1. The van der Waals surface area contributed by atoms with Crippen molar-refractivity contribution in [1.29, 1.82) is 0 Å². The summed E-state index contributed by atoms with van der Waals surface area (Å²) in [5.41, 5.74) is 0.679. The summed E-state index contributed by atoms with van der Waals surface area (Å²) in [7, 11) is 0. The van der Waals surface area contributed by atoms with E-state index in [9.17, 15) is 9.59 Å². The molecule has 1 aliphatic rings. The van der Waals surface area contributed by atoms with E-state index in [1.807, 2.05) is 18.2 Å². The van der Waals surface area contributed by atoms with Crippen molar-refractivity contribution in [1.82, 2.24) is 0 Å².